The van der Waals surface area contributed by atoms with Gasteiger partial charge in [0.05, 0.1) is 0 Å². The van der Waals surface area contributed by atoms with E-state index in [-0.39, 0.29) is 0 Å². The Bertz CT molecular complexity index is 313. The van der Waals surface area contributed by atoms with Crippen LogP contribution in [0.25, 0.3) is 0 Å². The molecule has 0 bridgehead atoms. The van der Waals surface area contributed by atoms with Crippen molar-refractivity contribution in [2.24, 2.45) is 0 Å². The highest BCUT2D eigenvalue weighted by Gasteiger charge is 2.14. The quantitative estimate of drug-likeness (QED) is 0.706. The monoisotopic (exact) mass is 167 g/mol. The fourth-order valence-corrected chi connectivity index (χ4v) is 1.40. The molecule has 0 aliphatic carbocycles. The van der Waals surface area contributed by atoms with Crippen LogP contribution in [-0.4, -0.2) is 16.1 Å². The number of carboxylic acid groups (broad SMARTS) is 1. The van der Waals surface area contributed by atoms with Crippen LogP contribution in [0.5, 0.6) is 0 Å². The zero-order chi connectivity index (χ0) is 9.30. The topological polar surface area (TPSA) is 53.1 Å². The summed E-state index contributed by atoms with van der Waals surface area (Å²) in [6, 6.07) is 0. The first-order valence-electron chi connectivity index (χ1n) is 3.99. The Morgan fingerprint density at radius 1 is 1.50 bits per heavy atom. The number of hydrogen-bond acceptors (Lipinski definition) is 1. The van der Waals surface area contributed by atoms with Crippen LogP contribution < -0.4 is 0 Å². The standard InChI is InChI=1S/C9H13NO2/c1-4-7-5(2)6(3)10-8(7)9(11)12/h10H,4H2,1-3H3,(H,11,12). The van der Waals surface area contributed by atoms with Crippen molar-refractivity contribution in [2.45, 2.75) is 27.2 Å². The van der Waals surface area contributed by atoms with Crippen molar-refractivity contribution in [3.8, 4) is 0 Å². The summed E-state index contributed by atoms with van der Waals surface area (Å²) in [7, 11) is 0. The largest absolute Gasteiger partial charge is 0.477 e. The molecule has 66 valence electrons. The van der Waals surface area contributed by atoms with E-state index >= 15 is 0 Å². The van der Waals surface area contributed by atoms with E-state index in [2.05, 4.69) is 4.98 Å². The van der Waals surface area contributed by atoms with Crippen LogP contribution in [0, 0.1) is 13.8 Å². The molecule has 0 aliphatic rings. The SMILES string of the molecule is CCc1c(C(=O)O)[nH]c(C)c1C. The zero-order valence-corrected chi connectivity index (χ0v) is 7.56. The minimum Gasteiger partial charge on any atom is -0.477 e. The molecule has 0 atom stereocenters. The molecule has 1 heterocycles. The van der Waals surface area contributed by atoms with Crippen LogP contribution in [0.15, 0.2) is 0 Å². The summed E-state index contributed by atoms with van der Waals surface area (Å²) in [5.41, 5.74) is 3.27. The second-order valence-corrected chi connectivity index (χ2v) is 2.89. The van der Waals surface area contributed by atoms with Crippen LogP contribution in [0.3, 0.4) is 0 Å². The van der Waals surface area contributed by atoms with Gasteiger partial charge >= 0.3 is 5.97 Å². The van der Waals surface area contributed by atoms with Gasteiger partial charge in [0.1, 0.15) is 5.69 Å². The van der Waals surface area contributed by atoms with Crippen molar-refractivity contribution in [3.63, 3.8) is 0 Å². The van der Waals surface area contributed by atoms with Crippen molar-refractivity contribution in [3.05, 3.63) is 22.5 Å². The summed E-state index contributed by atoms with van der Waals surface area (Å²) in [4.78, 5) is 13.6. The van der Waals surface area contributed by atoms with Gasteiger partial charge in [-0.05, 0) is 31.4 Å². The van der Waals surface area contributed by atoms with E-state index in [9.17, 15) is 4.79 Å². The third-order valence-electron chi connectivity index (χ3n) is 2.20. The lowest BCUT2D eigenvalue weighted by molar-refractivity contribution is 0.0690. The molecular formula is C9H13NO2. The summed E-state index contributed by atoms with van der Waals surface area (Å²) in [6.07, 6.45) is 0.762. The second-order valence-electron chi connectivity index (χ2n) is 2.89. The molecule has 0 saturated heterocycles. The molecule has 0 spiro atoms. The molecular weight excluding hydrogens is 154 g/mol. The van der Waals surface area contributed by atoms with Gasteiger partial charge in [0, 0.05) is 5.69 Å². The van der Waals surface area contributed by atoms with Crippen LogP contribution in [0.4, 0.5) is 0 Å². The predicted octanol–water partition coefficient (Wildman–Crippen LogP) is 1.89. The number of H-pyrrole nitrogens is 1. The number of carboxylic acids is 1. The Morgan fingerprint density at radius 2 is 2.08 bits per heavy atom. The Hall–Kier alpha value is -1.25. The minimum atomic E-state index is -0.872. The lowest BCUT2D eigenvalue weighted by Gasteiger charge is -1.95. The maximum atomic E-state index is 10.7. The fraction of sp³-hybridized carbons (Fsp3) is 0.444. The van der Waals surface area contributed by atoms with E-state index in [1.54, 1.807) is 0 Å². The summed E-state index contributed by atoms with van der Waals surface area (Å²) in [6.45, 7) is 5.79. The van der Waals surface area contributed by atoms with Gasteiger partial charge in [-0.2, -0.15) is 0 Å². The number of aromatic amines is 1. The number of hydrogen-bond donors (Lipinski definition) is 2. The first-order chi connectivity index (χ1) is 5.57. The van der Waals surface area contributed by atoms with Crippen LogP contribution in [0.2, 0.25) is 0 Å². The first kappa shape index (κ1) is 8.84. The molecule has 0 radical (unpaired) electrons. The minimum absolute atomic E-state index is 0.340. The summed E-state index contributed by atoms with van der Waals surface area (Å²) >= 11 is 0. The molecule has 0 unspecified atom stereocenters. The summed E-state index contributed by atoms with van der Waals surface area (Å²) < 4.78 is 0. The molecule has 1 rings (SSSR count). The highest BCUT2D eigenvalue weighted by Crippen LogP contribution is 2.17. The third-order valence-corrected chi connectivity index (χ3v) is 2.20. The molecule has 0 aromatic carbocycles. The summed E-state index contributed by atoms with van der Waals surface area (Å²) in [5.74, 6) is -0.872. The Balaban J connectivity index is 3.29. The number of aryl methyl sites for hydroxylation is 1. The van der Waals surface area contributed by atoms with Crippen molar-refractivity contribution in [1.82, 2.24) is 4.98 Å². The van der Waals surface area contributed by atoms with E-state index in [0.29, 0.717) is 5.69 Å². The Kier molecular flexibility index (Phi) is 2.22. The van der Waals surface area contributed by atoms with Crippen molar-refractivity contribution in [1.29, 1.82) is 0 Å². The number of rotatable bonds is 2. The molecule has 0 aliphatic heterocycles. The van der Waals surface area contributed by atoms with Gasteiger partial charge < -0.3 is 10.1 Å². The molecule has 3 nitrogen and oxygen atoms in total. The average Bonchev–Trinajstić information content (AvgIpc) is 2.29. The van der Waals surface area contributed by atoms with Gasteiger partial charge in [-0.3, -0.25) is 0 Å². The zero-order valence-electron chi connectivity index (χ0n) is 7.56. The number of aromatic carboxylic acids is 1. The number of nitrogens with one attached hydrogen (secondary N) is 1. The normalized spacial score (nSPS) is 10.2. The molecule has 2 N–H and O–H groups in total. The smallest absolute Gasteiger partial charge is 0.352 e. The molecule has 1 aromatic rings. The van der Waals surface area contributed by atoms with E-state index < -0.39 is 5.97 Å². The molecule has 0 saturated carbocycles. The first-order valence-corrected chi connectivity index (χ1v) is 3.99. The molecule has 0 fully saturated rings. The maximum Gasteiger partial charge on any atom is 0.352 e. The molecule has 3 heteroatoms. The van der Waals surface area contributed by atoms with Crippen molar-refractivity contribution < 1.29 is 9.90 Å². The second kappa shape index (κ2) is 3.01. The number of aromatic nitrogens is 1. The lowest BCUT2D eigenvalue weighted by atomic mass is 10.1. The Labute approximate surface area is 71.4 Å². The van der Waals surface area contributed by atoms with Crippen molar-refractivity contribution >= 4 is 5.97 Å². The highest BCUT2D eigenvalue weighted by atomic mass is 16.4. The van der Waals surface area contributed by atoms with Crippen LogP contribution >= 0.6 is 0 Å². The van der Waals surface area contributed by atoms with Crippen LogP contribution in [-0.2, 0) is 6.42 Å². The van der Waals surface area contributed by atoms with Gasteiger partial charge in [-0.25, -0.2) is 4.79 Å². The molecule has 1 aromatic heterocycles. The van der Waals surface area contributed by atoms with E-state index in [1.807, 2.05) is 20.8 Å². The van der Waals surface area contributed by atoms with E-state index in [4.69, 9.17) is 5.11 Å². The lowest BCUT2D eigenvalue weighted by Crippen LogP contribution is -2.00. The Morgan fingerprint density at radius 3 is 2.42 bits per heavy atom. The van der Waals surface area contributed by atoms with Gasteiger partial charge in [0.25, 0.3) is 0 Å². The summed E-state index contributed by atoms with van der Waals surface area (Å²) in [5, 5.41) is 8.80. The fourth-order valence-electron chi connectivity index (χ4n) is 1.40. The van der Waals surface area contributed by atoms with Gasteiger partial charge in [-0.15, -0.1) is 0 Å². The van der Waals surface area contributed by atoms with Gasteiger partial charge in [0.2, 0.25) is 0 Å². The van der Waals surface area contributed by atoms with Crippen LogP contribution in [0.1, 0.15) is 34.2 Å². The predicted molar refractivity (Wildman–Crippen MR) is 46.6 cm³/mol. The third kappa shape index (κ3) is 1.22. The maximum absolute atomic E-state index is 10.7. The van der Waals surface area contributed by atoms with Crippen molar-refractivity contribution in [2.75, 3.05) is 0 Å². The van der Waals surface area contributed by atoms with Gasteiger partial charge in [0.15, 0.2) is 0 Å². The highest BCUT2D eigenvalue weighted by molar-refractivity contribution is 5.88. The average molecular weight is 167 g/mol. The van der Waals surface area contributed by atoms with Gasteiger partial charge in [-0.1, -0.05) is 6.92 Å². The van der Waals surface area contributed by atoms with E-state index in [1.165, 1.54) is 0 Å². The number of carbonyl (C=O) groups is 1. The molecule has 12 heavy (non-hydrogen) atoms. The molecule has 0 amide bonds. The van der Waals surface area contributed by atoms with E-state index in [0.717, 1.165) is 23.2 Å².